The topological polar surface area (TPSA) is 29.5 Å². The van der Waals surface area contributed by atoms with Crippen LogP contribution in [0.25, 0.3) is 0 Å². The Morgan fingerprint density at radius 1 is 1.42 bits per heavy atom. The lowest BCUT2D eigenvalue weighted by Crippen LogP contribution is -2.26. The van der Waals surface area contributed by atoms with Crippen molar-refractivity contribution in [2.45, 2.75) is 50.9 Å². The second-order valence-corrected chi connectivity index (χ2v) is 3.51. The van der Waals surface area contributed by atoms with E-state index in [9.17, 15) is 5.11 Å². The molecule has 1 atom stereocenters. The first kappa shape index (κ1) is 9.75. The van der Waals surface area contributed by atoms with Gasteiger partial charge in [0, 0.05) is 0 Å². The minimum absolute atomic E-state index is 0.0936. The Bertz CT molecular complexity index is 137. The highest BCUT2D eigenvalue weighted by Crippen LogP contribution is 2.21. The third-order valence-electron chi connectivity index (χ3n) is 2.38. The Hall–Kier alpha value is -0.340. The van der Waals surface area contributed by atoms with Crippen molar-refractivity contribution >= 4 is 0 Å². The Morgan fingerprint density at radius 3 is 2.50 bits per heavy atom. The number of aliphatic hydroxyl groups is 1. The zero-order chi connectivity index (χ0) is 8.97. The fourth-order valence-corrected chi connectivity index (χ4v) is 1.54. The summed E-state index contributed by atoms with van der Waals surface area (Å²) >= 11 is 0. The largest absolute Gasteiger partial charge is 0.393 e. The maximum Gasteiger partial charge on any atom is 0.0728 e. The monoisotopic (exact) mass is 170 g/mol. The van der Waals surface area contributed by atoms with E-state index in [0.717, 1.165) is 25.7 Å². The molecular weight excluding hydrogens is 152 g/mol. The van der Waals surface area contributed by atoms with Gasteiger partial charge in [0.25, 0.3) is 0 Å². The zero-order valence-corrected chi connectivity index (χ0v) is 7.70. The predicted octanol–water partition coefficient (Wildman–Crippen LogP) is 1.88. The molecule has 0 spiro atoms. The quantitative estimate of drug-likeness (QED) is 0.655. The van der Waals surface area contributed by atoms with Crippen LogP contribution >= 0.6 is 0 Å². The van der Waals surface area contributed by atoms with Gasteiger partial charge in [0.2, 0.25) is 0 Å². The summed E-state index contributed by atoms with van der Waals surface area (Å²) in [6.07, 6.45) is 5.93. The third kappa shape index (κ3) is 2.95. The molecule has 0 aromatic carbocycles. The first-order valence-corrected chi connectivity index (χ1v) is 4.68. The van der Waals surface area contributed by atoms with E-state index in [1.165, 1.54) is 0 Å². The maximum absolute atomic E-state index is 9.24. The Balaban J connectivity index is 2.21. The molecule has 1 N–H and O–H groups in total. The van der Waals surface area contributed by atoms with Crippen molar-refractivity contribution in [1.29, 1.82) is 0 Å². The van der Waals surface area contributed by atoms with Crippen LogP contribution in [-0.2, 0) is 4.74 Å². The van der Waals surface area contributed by atoms with E-state index in [1.807, 2.05) is 13.0 Å². The van der Waals surface area contributed by atoms with Gasteiger partial charge < -0.3 is 9.84 Å². The molecule has 0 aromatic heterocycles. The standard InChI is InChI=1S/C10H18O2/c1-3-8(2)12-10-6-4-9(11)5-7-10/h3,8-11H,1,4-7H2,2H3. The third-order valence-corrected chi connectivity index (χ3v) is 2.38. The van der Waals surface area contributed by atoms with Crippen molar-refractivity contribution in [2.24, 2.45) is 0 Å². The first-order valence-electron chi connectivity index (χ1n) is 4.68. The molecule has 0 aliphatic heterocycles. The van der Waals surface area contributed by atoms with Crippen molar-refractivity contribution in [1.82, 2.24) is 0 Å². The summed E-state index contributed by atoms with van der Waals surface area (Å²) in [5, 5.41) is 9.24. The molecule has 70 valence electrons. The summed E-state index contributed by atoms with van der Waals surface area (Å²) in [7, 11) is 0. The Morgan fingerprint density at radius 2 is 2.00 bits per heavy atom. The fourth-order valence-electron chi connectivity index (χ4n) is 1.54. The molecule has 0 amide bonds. The molecule has 12 heavy (non-hydrogen) atoms. The molecule has 1 aliphatic carbocycles. The second-order valence-electron chi connectivity index (χ2n) is 3.51. The van der Waals surface area contributed by atoms with Gasteiger partial charge in [-0.25, -0.2) is 0 Å². The van der Waals surface area contributed by atoms with Crippen molar-refractivity contribution in [3.05, 3.63) is 12.7 Å². The molecule has 1 unspecified atom stereocenters. The van der Waals surface area contributed by atoms with Crippen molar-refractivity contribution < 1.29 is 9.84 Å². The lowest BCUT2D eigenvalue weighted by molar-refractivity contribution is -0.0232. The highest BCUT2D eigenvalue weighted by atomic mass is 16.5. The van der Waals surface area contributed by atoms with Crippen LogP contribution in [-0.4, -0.2) is 23.4 Å². The van der Waals surface area contributed by atoms with Crippen molar-refractivity contribution in [3.63, 3.8) is 0 Å². The summed E-state index contributed by atoms with van der Waals surface area (Å²) < 4.78 is 5.66. The predicted molar refractivity (Wildman–Crippen MR) is 49.0 cm³/mol. The summed E-state index contributed by atoms with van der Waals surface area (Å²) in [5.74, 6) is 0. The molecule has 0 aromatic rings. The van der Waals surface area contributed by atoms with Crippen LogP contribution in [0.1, 0.15) is 32.6 Å². The molecule has 2 nitrogen and oxygen atoms in total. The first-order chi connectivity index (χ1) is 5.72. The highest BCUT2D eigenvalue weighted by molar-refractivity contribution is 4.79. The van der Waals surface area contributed by atoms with E-state index in [4.69, 9.17) is 4.74 Å². The van der Waals surface area contributed by atoms with Crippen LogP contribution in [0.15, 0.2) is 12.7 Å². The van der Waals surface area contributed by atoms with Crippen LogP contribution in [0.5, 0.6) is 0 Å². The second kappa shape index (κ2) is 4.63. The maximum atomic E-state index is 9.24. The minimum atomic E-state index is -0.0936. The van der Waals surface area contributed by atoms with Crippen LogP contribution in [0.2, 0.25) is 0 Å². The molecule has 1 aliphatic rings. The lowest BCUT2D eigenvalue weighted by Gasteiger charge is -2.27. The van der Waals surface area contributed by atoms with Crippen LogP contribution in [0.4, 0.5) is 0 Å². The van der Waals surface area contributed by atoms with Crippen LogP contribution in [0.3, 0.4) is 0 Å². The van der Waals surface area contributed by atoms with Gasteiger partial charge in [-0.3, -0.25) is 0 Å². The van der Waals surface area contributed by atoms with Crippen molar-refractivity contribution in [3.8, 4) is 0 Å². The molecule has 2 heteroatoms. The highest BCUT2D eigenvalue weighted by Gasteiger charge is 2.20. The number of hydrogen-bond acceptors (Lipinski definition) is 2. The van der Waals surface area contributed by atoms with E-state index in [1.54, 1.807) is 0 Å². The van der Waals surface area contributed by atoms with Gasteiger partial charge in [0.1, 0.15) is 0 Å². The summed E-state index contributed by atoms with van der Waals surface area (Å²) in [5.41, 5.74) is 0. The van der Waals surface area contributed by atoms with E-state index < -0.39 is 0 Å². The number of hydrogen-bond donors (Lipinski definition) is 1. The number of rotatable bonds is 3. The number of ether oxygens (including phenoxy) is 1. The Kier molecular flexibility index (Phi) is 3.76. The van der Waals surface area contributed by atoms with Gasteiger partial charge in [-0.2, -0.15) is 0 Å². The van der Waals surface area contributed by atoms with E-state index in [2.05, 4.69) is 6.58 Å². The fraction of sp³-hybridized carbons (Fsp3) is 0.800. The molecular formula is C10H18O2. The SMILES string of the molecule is C=CC(C)OC1CCC(O)CC1. The molecule has 0 radical (unpaired) electrons. The molecule has 1 rings (SSSR count). The van der Waals surface area contributed by atoms with Gasteiger partial charge in [0.05, 0.1) is 18.3 Å². The average molecular weight is 170 g/mol. The van der Waals surface area contributed by atoms with Gasteiger partial charge in [-0.05, 0) is 32.6 Å². The normalized spacial score (nSPS) is 32.8. The molecule has 1 fully saturated rings. The van der Waals surface area contributed by atoms with Gasteiger partial charge in [-0.15, -0.1) is 6.58 Å². The number of aliphatic hydroxyl groups excluding tert-OH is 1. The van der Waals surface area contributed by atoms with E-state index in [-0.39, 0.29) is 12.2 Å². The smallest absolute Gasteiger partial charge is 0.0728 e. The molecule has 0 heterocycles. The Labute approximate surface area is 74.2 Å². The van der Waals surface area contributed by atoms with Crippen LogP contribution < -0.4 is 0 Å². The van der Waals surface area contributed by atoms with E-state index in [0.29, 0.717) is 6.10 Å². The van der Waals surface area contributed by atoms with E-state index >= 15 is 0 Å². The summed E-state index contributed by atoms with van der Waals surface area (Å²) in [6.45, 7) is 5.66. The minimum Gasteiger partial charge on any atom is -0.393 e. The van der Waals surface area contributed by atoms with Crippen LogP contribution in [0, 0.1) is 0 Å². The zero-order valence-electron chi connectivity index (χ0n) is 7.70. The van der Waals surface area contributed by atoms with Gasteiger partial charge in [-0.1, -0.05) is 6.08 Å². The molecule has 0 saturated heterocycles. The summed E-state index contributed by atoms with van der Waals surface area (Å²) in [4.78, 5) is 0. The van der Waals surface area contributed by atoms with Gasteiger partial charge >= 0.3 is 0 Å². The summed E-state index contributed by atoms with van der Waals surface area (Å²) in [6, 6.07) is 0. The average Bonchev–Trinajstić information content (AvgIpc) is 2.09. The molecule has 0 bridgehead atoms. The van der Waals surface area contributed by atoms with Crippen molar-refractivity contribution in [2.75, 3.05) is 0 Å². The lowest BCUT2D eigenvalue weighted by atomic mass is 9.95. The van der Waals surface area contributed by atoms with Gasteiger partial charge in [0.15, 0.2) is 0 Å². The molecule has 1 saturated carbocycles.